The monoisotopic (exact) mass is 331 g/mol. The molecule has 0 saturated carbocycles. The molecular weight excluding hydrogens is 317 g/mol. The van der Waals surface area contributed by atoms with Crippen molar-refractivity contribution in [3.63, 3.8) is 0 Å². The van der Waals surface area contributed by atoms with Crippen molar-refractivity contribution in [2.75, 3.05) is 11.4 Å². The Hall–Kier alpha value is -2.21. The van der Waals surface area contributed by atoms with Crippen LogP contribution in [0.1, 0.15) is 17.5 Å². The average Bonchev–Trinajstić information content (AvgIpc) is 3.06. The Balaban J connectivity index is 1.68. The molecule has 1 heterocycles. The highest BCUT2D eigenvalue weighted by Gasteiger charge is 2.39. The summed E-state index contributed by atoms with van der Waals surface area (Å²) in [5, 5.41) is -1.26. The Labute approximate surface area is 133 Å². The van der Waals surface area contributed by atoms with E-state index in [9.17, 15) is 17.1 Å². The van der Waals surface area contributed by atoms with E-state index >= 15 is 0 Å². The van der Waals surface area contributed by atoms with Gasteiger partial charge in [-0.3, -0.25) is 4.79 Å². The third-order valence-electron chi connectivity index (χ3n) is 4.58. The average molecular weight is 331 g/mol. The molecule has 2 aromatic rings. The molecule has 0 bridgehead atoms. The molecule has 0 aromatic heterocycles. The van der Waals surface area contributed by atoms with E-state index in [1.807, 2.05) is 24.3 Å². The number of halogens is 1. The zero-order chi connectivity index (χ0) is 16.2. The Morgan fingerprint density at radius 2 is 1.78 bits per heavy atom. The van der Waals surface area contributed by atoms with Crippen LogP contribution in [0.2, 0.25) is 0 Å². The second-order valence-corrected chi connectivity index (χ2v) is 7.60. The maximum atomic E-state index is 13.1. The van der Waals surface area contributed by atoms with Gasteiger partial charge in [0.15, 0.2) is 0 Å². The molecule has 1 fully saturated rings. The molecule has 1 unspecified atom stereocenters. The van der Waals surface area contributed by atoms with Gasteiger partial charge in [0.1, 0.15) is 5.25 Å². The summed E-state index contributed by atoms with van der Waals surface area (Å²) < 4.78 is 35.2. The normalized spacial score (nSPS) is 19.8. The first-order valence-corrected chi connectivity index (χ1v) is 8.83. The quantitative estimate of drug-likeness (QED) is 0.679. The summed E-state index contributed by atoms with van der Waals surface area (Å²) in [4.78, 5) is 13.4. The first kappa shape index (κ1) is 14.4. The van der Waals surface area contributed by atoms with E-state index in [0.29, 0.717) is 5.69 Å². The van der Waals surface area contributed by atoms with Gasteiger partial charge in [0.25, 0.3) is 0 Å². The molecule has 0 N–H and O–H groups in total. The van der Waals surface area contributed by atoms with Crippen LogP contribution in [0.5, 0.6) is 0 Å². The molecule has 1 aliphatic heterocycles. The smallest absolute Gasteiger partial charge is 0.307 e. The third-order valence-corrected chi connectivity index (χ3v) is 5.69. The van der Waals surface area contributed by atoms with Gasteiger partial charge in [-0.2, -0.15) is 8.42 Å². The van der Waals surface area contributed by atoms with E-state index in [2.05, 4.69) is 12.1 Å². The van der Waals surface area contributed by atoms with Crippen LogP contribution in [0.25, 0.3) is 11.1 Å². The molecule has 1 amide bonds. The van der Waals surface area contributed by atoms with Crippen molar-refractivity contribution in [2.45, 2.75) is 18.1 Å². The Kier molecular flexibility index (Phi) is 3.06. The lowest BCUT2D eigenvalue weighted by Gasteiger charge is -2.17. The Morgan fingerprint density at radius 1 is 1.04 bits per heavy atom. The number of carbonyl (C=O) groups excluding carboxylic acids is 1. The minimum absolute atomic E-state index is 0.122. The van der Waals surface area contributed by atoms with Gasteiger partial charge in [0.2, 0.25) is 5.91 Å². The van der Waals surface area contributed by atoms with Gasteiger partial charge in [0.05, 0.1) is 0 Å². The molecule has 1 atom stereocenters. The van der Waals surface area contributed by atoms with E-state index in [-0.39, 0.29) is 18.9 Å². The van der Waals surface area contributed by atoms with E-state index < -0.39 is 15.5 Å². The number of nitrogens with zero attached hydrogens (tertiary/aromatic N) is 1. The van der Waals surface area contributed by atoms with Crippen molar-refractivity contribution in [2.24, 2.45) is 0 Å². The second kappa shape index (κ2) is 4.89. The number of rotatable bonds is 2. The largest absolute Gasteiger partial charge is 0.311 e. The van der Waals surface area contributed by atoms with E-state index in [0.717, 1.165) is 17.5 Å². The van der Waals surface area contributed by atoms with Crippen LogP contribution < -0.4 is 4.90 Å². The van der Waals surface area contributed by atoms with Crippen molar-refractivity contribution < 1.29 is 17.1 Å². The molecule has 1 saturated heterocycles. The Morgan fingerprint density at radius 3 is 2.52 bits per heavy atom. The molecule has 118 valence electrons. The van der Waals surface area contributed by atoms with E-state index in [1.54, 1.807) is 6.07 Å². The number of carbonyl (C=O) groups is 1. The highest BCUT2D eigenvalue weighted by atomic mass is 32.3. The van der Waals surface area contributed by atoms with Crippen LogP contribution in [0.4, 0.5) is 9.57 Å². The summed E-state index contributed by atoms with van der Waals surface area (Å²) >= 11 is 0. The van der Waals surface area contributed by atoms with Crippen molar-refractivity contribution in [1.29, 1.82) is 0 Å². The minimum Gasteiger partial charge on any atom is -0.311 e. The lowest BCUT2D eigenvalue weighted by atomic mass is 10.1. The predicted octanol–water partition coefficient (Wildman–Crippen LogP) is 2.66. The lowest BCUT2D eigenvalue weighted by molar-refractivity contribution is -0.117. The molecule has 0 radical (unpaired) electrons. The molecule has 4 rings (SSSR count). The van der Waals surface area contributed by atoms with E-state index in [1.165, 1.54) is 16.0 Å². The van der Waals surface area contributed by atoms with Crippen molar-refractivity contribution in [3.8, 4) is 11.1 Å². The van der Waals surface area contributed by atoms with E-state index in [4.69, 9.17) is 0 Å². The van der Waals surface area contributed by atoms with Crippen LogP contribution in [-0.2, 0) is 21.4 Å². The van der Waals surface area contributed by atoms with Gasteiger partial charge >= 0.3 is 10.2 Å². The SMILES string of the molecule is O=C1CC(S(=O)(=O)F)CN1c1ccc2c(c1)Cc1ccccc1-2. The number of hydrogen-bond acceptors (Lipinski definition) is 3. The Bertz CT molecular complexity index is 923. The van der Waals surface area contributed by atoms with Gasteiger partial charge in [-0.25, -0.2) is 0 Å². The first-order chi connectivity index (χ1) is 10.9. The van der Waals surface area contributed by atoms with Crippen LogP contribution in [0, 0.1) is 0 Å². The molecule has 4 nitrogen and oxygen atoms in total. The molecule has 1 aliphatic carbocycles. The highest BCUT2D eigenvalue weighted by molar-refractivity contribution is 7.87. The number of hydrogen-bond donors (Lipinski definition) is 0. The van der Waals surface area contributed by atoms with Gasteiger partial charge in [-0.15, -0.1) is 3.89 Å². The number of anilines is 1. The summed E-state index contributed by atoms with van der Waals surface area (Å²) in [6.45, 7) is -0.122. The zero-order valence-corrected chi connectivity index (χ0v) is 13.0. The summed E-state index contributed by atoms with van der Waals surface area (Å²) in [5.74, 6) is -0.355. The third kappa shape index (κ3) is 2.34. The topological polar surface area (TPSA) is 54.5 Å². The fourth-order valence-electron chi connectivity index (χ4n) is 3.41. The zero-order valence-electron chi connectivity index (χ0n) is 12.2. The van der Waals surface area contributed by atoms with Gasteiger partial charge in [-0.1, -0.05) is 30.3 Å². The first-order valence-electron chi connectivity index (χ1n) is 7.38. The predicted molar refractivity (Wildman–Crippen MR) is 85.5 cm³/mol. The number of benzene rings is 2. The lowest BCUT2D eigenvalue weighted by Crippen LogP contribution is -2.26. The van der Waals surface area contributed by atoms with Gasteiger partial charge in [0, 0.05) is 18.7 Å². The number of fused-ring (bicyclic) bond motifs is 3. The van der Waals surface area contributed by atoms with Gasteiger partial charge in [-0.05, 0) is 40.8 Å². The summed E-state index contributed by atoms with van der Waals surface area (Å²) in [6.07, 6.45) is 0.488. The molecule has 2 aromatic carbocycles. The molecule has 2 aliphatic rings. The van der Waals surface area contributed by atoms with Crippen molar-refractivity contribution in [1.82, 2.24) is 0 Å². The number of amides is 1. The van der Waals surface area contributed by atoms with Crippen molar-refractivity contribution in [3.05, 3.63) is 53.6 Å². The van der Waals surface area contributed by atoms with Crippen LogP contribution >= 0.6 is 0 Å². The fraction of sp³-hybridized carbons (Fsp3) is 0.235. The molecular formula is C17H14FNO3S. The van der Waals surface area contributed by atoms with Crippen molar-refractivity contribution >= 4 is 21.8 Å². The maximum Gasteiger partial charge on any atom is 0.307 e. The molecule has 23 heavy (non-hydrogen) atoms. The standard InChI is InChI=1S/C17H14FNO3S/c18-23(21,22)14-9-17(20)19(10-14)13-5-6-16-12(8-13)7-11-3-1-2-4-15(11)16/h1-6,8,14H,7,9-10H2. The highest BCUT2D eigenvalue weighted by Crippen LogP contribution is 2.39. The maximum absolute atomic E-state index is 13.1. The van der Waals surface area contributed by atoms with Crippen LogP contribution in [0.3, 0.4) is 0 Å². The van der Waals surface area contributed by atoms with Gasteiger partial charge < -0.3 is 4.90 Å². The summed E-state index contributed by atoms with van der Waals surface area (Å²) in [5.41, 5.74) is 5.28. The minimum atomic E-state index is -4.69. The summed E-state index contributed by atoms with van der Waals surface area (Å²) in [7, 11) is -4.69. The summed E-state index contributed by atoms with van der Waals surface area (Å²) in [6, 6.07) is 13.8. The van der Waals surface area contributed by atoms with Crippen LogP contribution in [0.15, 0.2) is 42.5 Å². The fourth-order valence-corrected chi connectivity index (χ4v) is 4.08. The second-order valence-electron chi connectivity index (χ2n) is 5.98. The molecule has 0 spiro atoms. The van der Waals surface area contributed by atoms with Crippen LogP contribution in [-0.4, -0.2) is 26.1 Å². The molecule has 6 heteroatoms.